The number of hydrogen-bond donors (Lipinski definition) is 2. The number of nitrogens with one attached hydrogen (secondary N) is 2. The predicted molar refractivity (Wildman–Crippen MR) is 102 cm³/mol. The fourth-order valence-electron chi connectivity index (χ4n) is 4.13. The number of nitrogens with zero attached hydrogens (tertiary/aromatic N) is 4. The molecule has 4 heterocycles. The van der Waals surface area contributed by atoms with Crippen molar-refractivity contribution in [1.29, 1.82) is 0 Å². The van der Waals surface area contributed by atoms with E-state index in [-0.39, 0.29) is 0 Å². The molecule has 4 aromatic rings. The quantitative estimate of drug-likeness (QED) is 0.592. The Balaban J connectivity index is 1.30. The van der Waals surface area contributed by atoms with E-state index in [9.17, 15) is 0 Å². The standard InChI is InChI=1S/C20H22N6/c1-2-14(10-21-8-1)11-23-15-3-5-16(6-4-15)26-13-25-18-12-24-20-17(19(18)26)7-9-22-20/h1-2,7-10,12-13,15-16,23H,3-6,11H2,(H,22,24)/t15-,16-. The van der Waals surface area contributed by atoms with Gasteiger partial charge in [-0.3, -0.25) is 4.98 Å². The van der Waals surface area contributed by atoms with Gasteiger partial charge in [-0.1, -0.05) is 6.07 Å². The summed E-state index contributed by atoms with van der Waals surface area (Å²) in [7, 11) is 0. The molecule has 0 atom stereocenters. The summed E-state index contributed by atoms with van der Waals surface area (Å²) in [4.78, 5) is 16.4. The van der Waals surface area contributed by atoms with Crippen LogP contribution in [0.1, 0.15) is 37.3 Å². The molecule has 1 aliphatic rings. The van der Waals surface area contributed by atoms with E-state index in [1.807, 2.05) is 37.2 Å². The molecule has 6 nitrogen and oxygen atoms in total. The highest BCUT2D eigenvalue weighted by Crippen LogP contribution is 2.33. The van der Waals surface area contributed by atoms with Crippen molar-refractivity contribution in [2.75, 3.05) is 0 Å². The van der Waals surface area contributed by atoms with Crippen LogP contribution in [0.3, 0.4) is 0 Å². The van der Waals surface area contributed by atoms with Crippen LogP contribution < -0.4 is 5.32 Å². The van der Waals surface area contributed by atoms with E-state index in [4.69, 9.17) is 0 Å². The molecule has 0 spiro atoms. The van der Waals surface area contributed by atoms with Gasteiger partial charge in [0.2, 0.25) is 0 Å². The second-order valence-electron chi connectivity index (χ2n) is 7.13. The van der Waals surface area contributed by atoms with E-state index in [0.29, 0.717) is 12.1 Å². The zero-order valence-corrected chi connectivity index (χ0v) is 14.6. The third kappa shape index (κ3) is 2.76. The third-order valence-electron chi connectivity index (χ3n) is 5.53. The highest BCUT2D eigenvalue weighted by molar-refractivity contribution is 6.00. The molecule has 1 fully saturated rings. The van der Waals surface area contributed by atoms with E-state index in [1.54, 1.807) is 0 Å². The predicted octanol–water partition coefficient (Wildman–Crippen LogP) is 3.58. The number of aromatic amines is 1. The van der Waals surface area contributed by atoms with Crippen molar-refractivity contribution in [3.8, 4) is 0 Å². The Morgan fingerprint density at radius 2 is 2.04 bits per heavy atom. The Bertz CT molecular complexity index is 1010. The van der Waals surface area contributed by atoms with Gasteiger partial charge in [0.1, 0.15) is 11.2 Å². The van der Waals surface area contributed by atoms with Crippen LogP contribution in [0.25, 0.3) is 22.1 Å². The summed E-state index contributed by atoms with van der Waals surface area (Å²) in [6.07, 6.45) is 14.3. The van der Waals surface area contributed by atoms with Gasteiger partial charge in [-0.25, -0.2) is 9.97 Å². The van der Waals surface area contributed by atoms with Gasteiger partial charge in [0.05, 0.1) is 18.0 Å². The van der Waals surface area contributed by atoms with Crippen molar-refractivity contribution in [2.45, 2.75) is 44.3 Å². The lowest BCUT2D eigenvalue weighted by Crippen LogP contribution is -2.33. The monoisotopic (exact) mass is 346 g/mol. The molecule has 1 aliphatic carbocycles. The van der Waals surface area contributed by atoms with E-state index in [0.717, 1.165) is 23.1 Å². The van der Waals surface area contributed by atoms with E-state index in [1.165, 1.54) is 36.8 Å². The van der Waals surface area contributed by atoms with Crippen LogP contribution in [-0.4, -0.2) is 30.5 Å². The topological polar surface area (TPSA) is 71.4 Å². The first-order chi connectivity index (χ1) is 12.9. The molecule has 0 aliphatic heterocycles. The van der Waals surface area contributed by atoms with Crippen LogP contribution in [0, 0.1) is 0 Å². The molecule has 26 heavy (non-hydrogen) atoms. The molecule has 0 aromatic carbocycles. The second kappa shape index (κ2) is 6.53. The summed E-state index contributed by atoms with van der Waals surface area (Å²) in [5, 5.41) is 4.85. The maximum Gasteiger partial charge on any atom is 0.139 e. The van der Waals surface area contributed by atoms with Crippen molar-refractivity contribution in [3.63, 3.8) is 0 Å². The summed E-state index contributed by atoms with van der Waals surface area (Å²) in [6.45, 7) is 0.896. The fraction of sp³-hybridized carbons (Fsp3) is 0.350. The summed E-state index contributed by atoms with van der Waals surface area (Å²) in [5.41, 5.74) is 4.38. The Morgan fingerprint density at radius 1 is 1.12 bits per heavy atom. The molecular weight excluding hydrogens is 324 g/mol. The number of rotatable bonds is 4. The number of hydrogen-bond acceptors (Lipinski definition) is 4. The fourth-order valence-corrected chi connectivity index (χ4v) is 4.13. The molecular formula is C20H22N6. The van der Waals surface area contributed by atoms with Crippen LogP contribution in [0.15, 0.2) is 49.3 Å². The molecule has 4 aromatic heterocycles. The first-order valence-corrected chi connectivity index (χ1v) is 9.29. The van der Waals surface area contributed by atoms with Crippen LogP contribution in [0.2, 0.25) is 0 Å². The van der Waals surface area contributed by atoms with Crippen molar-refractivity contribution in [1.82, 2.24) is 29.8 Å². The van der Waals surface area contributed by atoms with E-state index < -0.39 is 0 Å². The molecule has 1 saturated carbocycles. The van der Waals surface area contributed by atoms with Crippen molar-refractivity contribution in [3.05, 3.63) is 54.9 Å². The SMILES string of the molecule is c1cncc(CN[C@H]2CC[C@H](n3cnc4cnc5[nH]ccc5c43)CC2)c1. The lowest BCUT2D eigenvalue weighted by molar-refractivity contribution is 0.294. The summed E-state index contributed by atoms with van der Waals surface area (Å²) >= 11 is 0. The molecule has 0 bridgehead atoms. The molecule has 0 amide bonds. The number of aromatic nitrogens is 5. The smallest absolute Gasteiger partial charge is 0.139 e. The Labute approximate surface area is 151 Å². The Hall–Kier alpha value is -2.73. The summed E-state index contributed by atoms with van der Waals surface area (Å²) < 4.78 is 2.37. The molecule has 5 rings (SSSR count). The lowest BCUT2D eigenvalue weighted by atomic mass is 9.90. The largest absolute Gasteiger partial charge is 0.346 e. The maximum atomic E-state index is 4.58. The summed E-state index contributed by atoms with van der Waals surface area (Å²) in [5.74, 6) is 0. The van der Waals surface area contributed by atoms with Crippen molar-refractivity contribution >= 4 is 22.1 Å². The van der Waals surface area contributed by atoms with E-state index >= 15 is 0 Å². The normalized spacial score (nSPS) is 20.8. The van der Waals surface area contributed by atoms with Crippen molar-refractivity contribution < 1.29 is 0 Å². The zero-order chi connectivity index (χ0) is 17.3. The maximum absolute atomic E-state index is 4.58. The first kappa shape index (κ1) is 15.5. The van der Waals surface area contributed by atoms with Crippen LogP contribution >= 0.6 is 0 Å². The number of imidazole rings is 1. The molecule has 0 radical (unpaired) electrons. The van der Waals surface area contributed by atoms with Gasteiger partial charge in [-0.15, -0.1) is 0 Å². The minimum absolute atomic E-state index is 0.511. The van der Waals surface area contributed by atoms with Gasteiger partial charge in [-0.2, -0.15) is 0 Å². The minimum Gasteiger partial charge on any atom is -0.346 e. The van der Waals surface area contributed by atoms with Gasteiger partial charge in [-0.05, 0) is 43.4 Å². The second-order valence-corrected chi connectivity index (χ2v) is 7.13. The molecule has 0 saturated heterocycles. The van der Waals surface area contributed by atoms with Gasteiger partial charge < -0.3 is 14.9 Å². The Kier molecular flexibility index (Phi) is 3.90. The molecule has 2 N–H and O–H groups in total. The molecule has 132 valence electrons. The highest BCUT2D eigenvalue weighted by Gasteiger charge is 2.24. The minimum atomic E-state index is 0.511. The average Bonchev–Trinajstić information content (AvgIpc) is 3.34. The first-order valence-electron chi connectivity index (χ1n) is 9.29. The van der Waals surface area contributed by atoms with Crippen LogP contribution in [-0.2, 0) is 6.54 Å². The number of fused-ring (bicyclic) bond motifs is 3. The number of H-pyrrole nitrogens is 1. The van der Waals surface area contributed by atoms with Crippen LogP contribution in [0.5, 0.6) is 0 Å². The molecule has 0 unspecified atom stereocenters. The zero-order valence-electron chi connectivity index (χ0n) is 14.6. The molecule has 6 heteroatoms. The highest BCUT2D eigenvalue weighted by atomic mass is 15.1. The van der Waals surface area contributed by atoms with Gasteiger partial charge in [0.25, 0.3) is 0 Å². The average molecular weight is 346 g/mol. The Morgan fingerprint density at radius 3 is 2.88 bits per heavy atom. The van der Waals surface area contributed by atoms with Crippen molar-refractivity contribution in [2.24, 2.45) is 0 Å². The van der Waals surface area contributed by atoms with Gasteiger partial charge >= 0.3 is 0 Å². The lowest BCUT2D eigenvalue weighted by Gasteiger charge is -2.30. The third-order valence-corrected chi connectivity index (χ3v) is 5.53. The summed E-state index contributed by atoms with van der Waals surface area (Å²) in [6, 6.07) is 7.31. The van der Waals surface area contributed by atoms with E-state index in [2.05, 4.69) is 42.0 Å². The van der Waals surface area contributed by atoms with Crippen LogP contribution in [0.4, 0.5) is 0 Å². The van der Waals surface area contributed by atoms with Gasteiger partial charge in [0.15, 0.2) is 0 Å². The number of pyridine rings is 2. The van der Waals surface area contributed by atoms with Gasteiger partial charge in [0, 0.05) is 42.6 Å².